The summed E-state index contributed by atoms with van der Waals surface area (Å²) in [5.41, 5.74) is 9.37. The highest BCUT2D eigenvalue weighted by atomic mass is 32.1. The third kappa shape index (κ3) is 3.36. The Balaban J connectivity index is 1.48. The van der Waals surface area contributed by atoms with E-state index in [4.69, 9.17) is 10.3 Å². The summed E-state index contributed by atoms with van der Waals surface area (Å²) in [5, 5.41) is 4.60. The number of aromatic nitrogens is 2. The summed E-state index contributed by atoms with van der Waals surface area (Å²) in [6.07, 6.45) is 7.10. The number of rotatable bonds is 3. The summed E-state index contributed by atoms with van der Waals surface area (Å²) < 4.78 is 20.7. The molecule has 2 aliphatic heterocycles. The van der Waals surface area contributed by atoms with E-state index >= 15 is 4.39 Å². The average molecular weight is 463 g/mol. The second-order valence-corrected chi connectivity index (χ2v) is 10.1. The predicted octanol–water partition coefficient (Wildman–Crippen LogP) is 5.16. The Morgan fingerprint density at radius 2 is 2.00 bits per heavy atom. The first kappa shape index (κ1) is 20.5. The molecule has 2 bridgehead atoms. The molecular formula is C25H23FN4O2S. The van der Waals surface area contributed by atoms with Gasteiger partial charge in [-0.25, -0.2) is 4.39 Å². The molecule has 33 heavy (non-hydrogen) atoms. The van der Waals surface area contributed by atoms with Crippen LogP contribution in [0.15, 0.2) is 47.2 Å². The molecule has 3 aromatic heterocycles. The monoisotopic (exact) mass is 462 g/mol. The number of carbonyl (C=O) groups excluding carboxylic acids is 1. The van der Waals surface area contributed by atoms with Crippen molar-refractivity contribution >= 4 is 28.2 Å². The Hall–Kier alpha value is -3.10. The first-order chi connectivity index (χ1) is 16.0. The summed E-state index contributed by atoms with van der Waals surface area (Å²) in [6.45, 7) is 1.78. The van der Waals surface area contributed by atoms with E-state index in [9.17, 15) is 4.79 Å². The van der Waals surface area contributed by atoms with Gasteiger partial charge in [-0.15, -0.1) is 11.3 Å². The molecule has 2 fully saturated rings. The molecule has 168 valence electrons. The van der Waals surface area contributed by atoms with Crippen LogP contribution < -0.4 is 5.73 Å². The summed E-state index contributed by atoms with van der Waals surface area (Å²) in [6, 6.07) is 9.29. The number of amides is 1. The van der Waals surface area contributed by atoms with Gasteiger partial charge in [-0.05, 0) is 56.9 Å². The maximum atomic E-state index is 15.3. The summed E-state index contributed by atoms with van der Waals surface area (Å²) >= 11 is 1.32. The molecule has 2 unspecified atom stereocenters. The van der Waals surface area contributed by atoms with Gasteiger partial charge in [0.15, 0.2) is 5.58 Å². The van der Waals surface area contributed by atoms with E-state index < -0.39 is 0 Å². The zero-order chi connectivity index (χ0) is 22.7. The molecule has 2 aliphatic rings. The molecule has 1 amide bonds. The number of piperidine rings is 1. The second-order valence-electron chi connectivity index (χ2n) is 9.02. The highest BCUT2D eigenvalue weighted by molar-refractivity contribution is 7.18. The molecule has 1 aromatic carbocycles. The largest absolute Gasteiger partial charge is 0.356 e. The standard InChI is InChI=1S/C25H23FN4O2S/c1-13-18-9-21(26)20(10-22(18)32-29-13)24-19(14-3-2-6-28-12-14)11-23(33-24)25(31)30-16-4-5-17(30)8-15(27)7-16/h2-3,6,9-12,15-17H,4-5,7-8,27H2,1H3. The Bertz CT molecular complexity index is 1350. The van der Waals surface area contributed by atoms with Crippen molar-refractivity contribution < 1.29 is 13.7 Å². The van der Waals surface area contributed by atoms with Crippen molar-refractivity contribution in [2.75, 3.05) is 0 Å². The van der Waals surface area contributed by atoms with Gasteiger partial charge in [0.2, 0.25) is 0 Å². The van der Waals surface area contributed by atoms with Gasteiger partial charge in [-0.1, -0.05) is 11.2 Å². The van der Waals surface area contributed by atoms with E-state index in [0.29, 0.717) is 32.0 Å². The molecule has 0 radical (unpaired) electrons. The van der Waals surface area contributed by atoms with Gasteiger partial charge in [0.25, 0.3) is 5.91 Å². The molecule has 2 saturated heterocycles. The highest BCUT2D eigenvalue weighted by Crippen LogP contribution is 2.44. The fraction of sp³-hybridized carbons (Fsp3) is 0.320. The van der Waals surface area contributed by atoms with E-state index in [-0.39, 0.29) is 29.8 Å². The van der Waals surface area contributed by atoms with Crippen molar-refractivity contribution in [1.82, 2.24) is 15.0 Å². The lowest BCUT2D eigenvalue weighted by molar-refractivity contribution is 0.0580. The number of pyridine rings is 1. The number of aryl methyl sites for hydroxylation is 1. The first-order valence-electron chi connectivity index (χ1n) is 11.2. The lowest BCUT2D eigenvalue weighted by atomic mass is 9.97. The van der Waals surface area contributed by atoms with Crippen LogP contribution >= 0.6 is 11.3 Å². The molecule has 8 heteroatoms. The zero-order valence-electron chi connectivity index (χ0n) is 18.1. The van der Waals surface area contributed by atoms with Crippen LogP contribution in [0, 0.1) is 12.7 Å². The number of fused-ring (bicyclic) bond motifs is 3. The van der Waals surface area contributed by atoms with Crippen molar-refractivity contribution in [1.29, 1.82) is 0 Å². The minimum Gasteiger partial charge on any atom is -0.356 e. The Morgan fingerprint density at radius 3 is 2.73 bits per heavy atom. The molecular weight excluding hydrogens is 439 g/mol. The van der Waals surface area contributed by atoms with Gasteiger partial charge >= 0.3 is 0 Å². The van der Waals surface area contributed by atoms with Crippen molar-refractivity contribution in [3.05, 3.63) is 59.1 Å². The molecule has 0 spiro atoms. The molecule has 4 aromatic rings. The third-order valence-electron chi connectivity index (χ3n) is 6.90. The van der Waals surface area contributed by atoms with Crippen LogP contribution in [0.2, 0.25) is 0 Å². The fourth-order valence-electron chi connectivity index (χ4n) is 5.36. The van der Waals surface area contributed by atoms with E-state index in [1.807, 2.05) is 23.1 Å². The van der Waals surface area contributed by atoms with E-state index in [1.165, 1.54) is 17.4 Å². The van der Waals surface area contributed by atoms with Crippen molar-refractivity contribution in [3.63, 3.8) is 0 Å². The fourth-order valence-corrected chi connectivity index (χ4v) is 6.51. The second kappa shape index (κ2) is 7.74. The number of hydrogen-bond acceptors (Lipinski definition) is 6. The van der Waals surface area contributed by atoms with Gasteiger partial charge in [-0.3, -0.25) is 9.78 Å². The van der Waals surface area contributed by atoms with Gasteiger partial charge in [0, 0.05) is 57.5 Å². The maximum Gasteiger partial charge on any atom is 0.264 e. The molecule has 2 atom stereocenters. The number of benzene rings is 1. The van der Waals surface area contributed by atoms with E-state index in [1.54, 1.807) is 25.4 Å². The van der Waals surface area contributed by atoms with Crippen LogP contribution in [0.4, 0.5) is 4.39 Å². The number of halogens is 1. The van der Waals surface area contributed by atoms with E-state index in [0.717, 1.165) is 36.8 Å². The quantitative estimate of drug-likeness (QED) is 0.455. The van der Waals surface area contributed by atoms with Crippen LogP contribution in [0.25, 0.3) is 32.5 Å². The zero-order valence-corrected chi connectivity index (χ0v) is 18.9. The van der Waals surface area contributed by atoms with Crippen LogP contribution in [-0.4, -0.2) is 39.1 Å². The Labute approximate surface area is 194 Å². The van der Waals surface area contributed by atoms with Crippen molar-refractivity contribution in [2.24, 2.45) is 5.73 Å². The highest BCUT2D eigenvalue weighted by Gasteiger charge is 2.43. The van der Waals surface area contributed by atoms with Gasteiger partial charge in [0.1, 0.15) is 5.82 Å². The molecule has 2 N–H and O–H groups in total. The van der Waals surface area contributed by atoms with Crippen LogP contribution in [0.3, 0.4) is 0 Å². The molecule has 0 aliphatic carbocycles. The van der Waals surface area contributed by atoms with Crippen LogP contribution in [0.5, 0.6) is 0 Å². The van der Waals surface area contributed by atoms with E-state index in [2.05, 4.69) is 10.1 Å². The lowest BCUT2D eigenvalue weighted by Gasteiger charge is -2.37. The third-order valence-corrected chi connectivity index (χ3v) is 8.06. The summed E-state index contributed by atoms with van der Waals surface area (Å²) in [4.78, 5) is 21.2. The maximum absolute atomic E-state index is 15.3. The normalized spacial score (nSPS) is 22.3. The van der Waals surface area contributed by atoms with Crippen LogP contribution in [0.1, 0.15) is 41.0 Å². The van der Waals surface area contributed by atoms with Gasteiger partial charge in [-0.2, -0.15) is 0 Å². The summed E-state index contributed by atoms with van der Waals surface area (Å²) in [7, 11) is 0. The molecule has 6 rings (SSSR count). The molecule has 6 nitrogen and oxygen atoms in total. The smallest absolute Gasteiger partial charge is 0.264 e. The van der Waals surface area contributed by atoms with Gasteiger partial charge in [0.05, 0.1) is 10.6 Å². The van der Waals surface area contributed by atoms with Crippen LogP contribution in [-0.2, 0) is 0 Å². The number of nitrogens with zero attached hydrogens (tertiary/aromatic N) is 3. The van der Waals surface area contributed by atoms with Crippen molar-refractivity contribution in [3.8, 4) is 21.6 Å². The number of hydrogen-bond donors (Lipinski definition) is 1. The number of thiophene rings is 1. The minimum atomic E-state index is -0.371. The van der Waals surface area contributed by atoms with Gasteiger partial charge < -0.3 is 15.2 Å². The lowest BCUT2D eigenvalue weighted by Crippen LogP contribution is -2.49. The Kier molecular flexibility index (Phi) is 4.81. The predicted molar refractivity (Wildman–Crippen MR) is 125 cm³/mol. The number of carbonyl (C=O) groups is 1. The topological polar surface area (TPSA) is 85.2 Å². The minimum absolute atomic E-state index is 0.00721. The molecule has 0 saturated carbocycles. The average Bonchev–Trinajstić information content (AvgIpc) is 3.48. The Morgan fingerprint density at radius 1 is 1.21 bits per heavy atom. The first-order valence-corrected chi connectivity index (χ1v) is 12.0. The summed E-state index contributed by atoms with van der Waals surface area (Å²) in [5.74, 6) is -0.364. The number of nitrogens with two attached hydrogens (primary N) is 1. The molecule has 5 heterocycles. The SMILES string of the molecule is Cc1noc2cc(-c3sc(C(=O)N4C5CCC4CC(N)C5)cc3-c3cccnc3)c(F)cc12. The van der Waals surface area contributed by atoms with Crippen molar-refractivity contribution in [2.45, 2.75) is 50.7 Å².